The second kappa shape index (κ2) is 12.2. The Hall–Kier alpha value is -4.50. The zero-order valence-electron chi connectivity index (χ0n) is 24.1. The average Bonchev–Trinajstić information content (AvgIpc) is 3.26. The van der Waals surface area contributed by atoms with Gasteiger partial charge in [0, 0.05) is 0 Å². The number of aromatic nitrogens is 1. The topological polar surface area (TPSA) is 79.1 Å². The summed E-state index contributed by atoms with van der Waals surface area (Å²) >= 11 is 1.27. The first-order valence-electron chi connectivity index (χ1n) is 13.5. The quantitative estimate of drug-likeness (QED) is 0.267. The minimum Gasteiger partial charge on any atom is -0.497 e. The number of hydrogen-bond acceptors (Lipinski definition) is 7. The Labute approximate surface area is 246 Å². The first-order valence-corrected chi connectivity index (χ1v) is 14.3. The number of thiazole rings is 1. The summed E-state index contributed by atoms with van der Waals surface area (Å²) in [5.74, 6) is 0.618. The van der Waals surface area contributed by atoms with Gasteiger partial charge in [-0.2, -0.15) is 0 Å². The van der Waals surface area contributed by atoms with E-state index < -0.39 is 12.0 Å². The van der Waals surface area contributed by atoms with Crippen molar-refractivity contribution in [2.75, 3.05) is 13.7 Å². The zero-order valence-corrected chi connectivity index (χ0v) is 24.9. The molecule has 3 aromatic carbocycles. The van der Waals surface area contributed by atoms with Crippen molar-refractivity contribution in [2.45, 2.75) is 40.3 Å². The SMILES string of the molecule is CCOC(=O)C1=C(C)N=c2s/c(=C\c3cc(C)c(OCc4ccc(F)cc4)c(C)c3)c(=O)n2[C@@H]1c1ccc(OC)cc1. The van der Waals surface area contributed by atoms with Crippen LogP contribution in [0.1, 0.15) is 47.7 Å². The number of halogens is 1. The van der Waals surface area contributed by atoms with E-state index in [1.165, 1.54) is 23.5 Å². The molecule has 216 valence electrons. The van der Waals surface area contributed by atoms with Gasteiger partial charge in [0.2, 0.25) is 0 Å². The number of hydrogen-bond donors (Lipinski definition) is 0. The van der Waals surface area contributed by atoms with Crippen molar-refractivity contribution in [3.05, 3.63) is 125 Å². The number of benzene rings is 3. The minimum atomic E-state index is -0.695. The Morgan fingerprint density at radius 2 is 1.71 bits per heavy atom. The highest BCUT2D eigenvalue weighted by molar-refractivity contribution is 7.07. The summed E-state index contributed by atoms with van der Waals surface area (Å²) in [5.41, 5.74) is 4.86. The van der Waals surface area contributed by atoms with Crippen LogP contribution in [0, 0.1) is 19.7 Å². The molecule has 0 amide bonds. The second-order valence-corrected chi connectivity index (χ2v) is 11.0. The molecule has 0 unspecified atom stereocenters. The lowest BCUT2D eigenvalue weighted by atomic mass is 9.96. The lowest BCUT2D eigenvalue weighted by Crippen LogP contribution is -2.39. The van der Waals surface area contributed by atoms with E-state index >= 15 is 0 Å². The van der Waals surface area contributed by atoms with E-state index in [9.17, 15) is 14.0 Å². The molecule has 42 heavy (non-hydrogen) atoms. The third-order valence-corrected chi connectivity index (χ3v) is 8.01. The van der Waals surface area contributed by atoms with Crippen LogP contribution < -0.4 is 24.4 Å². The molecule has 0 bridgehead atoms. The summed E-state index contributed by atoms with van der Waals surface area (Å²) in [4.78, 5) is 32.1. The molecule has 1 aliphatic rings. The van der Waals surface area contributed by atoms with E-state index in [1.54, 1.807) is 49.8 Å². The monoisotopic (exact) mass is 586 g/mol. The lowest BCUT2D eigenvalue weighted by molar-refractivity contribution is -0.139. The van der Waals surface area contributed by atoms with Crippen LogP contribution in [0.25, 0.3) is 6.08 Å². The molecule has 1 atom stereocenters. The van der Waals surface area contributed by atoms with Crippen LogP contribution in [-0.4, -0.2) is 24.3 Å². The maximum atomic E-state index is 13.9. The van der Waals surface area contributed by atoms with Crippen LogP contribution in [0.2, 0.25) is 0 Å². The predicted octanol–water partition coefficient (Wildman–Crippen LogP) is 5.14. The number of carbonyl (C=O) groups excluding carboxylic acids is 1. The van der Waals surface area contributed by atoms with Crippen LogP contribution in [-0.2, 0) is 16.1 Å². The number of ether oxygens (including phenoxy) is 3. The summed E-state index contributed by atoms with van der Waals surface area (Å²) in [6, 6.07) is 16.7. The first-order chi connectivity index (χ1) is 20.2. The Bertz CT molecular complexity index is 1830. The van der Waals surface area contributed by atoms with E-state index in [2.05, 4.69) is 4.99 Å². The van der Waals surface area contributed by atoms with Crippen LogP contribution in [0.3, 0.4) is 0 Å². The third kappa shape index (κ3) is 5.78. The number of rotatable bonds is 8. The molecule has 1 aromatic heterocycles. The van der Waals surface area contributed by atoms with Crippen molar-refractivity contribution in [1.82, 2.24) is 4.57 Å². The van der Waals surface area contributed by atoms with Gasteiger partial charge in [-0.1, -0.05) is 35.6 Å². The predicted molar refractivity (Wildman–Crippen MR) is 160 cm³/mol. The molecule has 7 nitrogen and oxygen atoms in total. The Morgan fingerprint density at radius 1 is 1.05 bits per heavy atom. The van der Waals surface area contributed by atoms with Crippen LogP contribution in [0.4, 0.5) is 4.39 Å². The van der Waals surface area contributed by atoms with Gasteiger partial charge in [-0.25, -0.2) is 14.2 Å². The molecule has 0 radical (unpaired) electrons. The molecule has 0 aliphatic carbocycles. The minimum absolute atomic E-state index is 0.206. The van der Waals surface area contributed by atoms with Gasteiger partial charge in [0.1, 0.15) is 23.9 Å². The maximum Gasteiger partial charge on any atom is 0.338 e. The summed E-state index contributed by atoms with van der Waals surface area (Å²) < 4.78 is 32.0. The van der Waals surface area contributed by atoms with Gasteiger partial charge in [0.05, 0.1) is 35.6 Å². The molecule has 0 spiro atoms. The van der Waals surface area contributed by atoms with Gasteiger partial charge < -0.3 is 14.2 Å². The van der Waals surface area contributed by atoms with Gasteiger partial charge >= 0.3 is 5.97 Å². The number of allylic oxidation sites excluding steroid dienone is 1. The Balaban J connectivity index is 1.54. The van der Waals surface area contributed by atoms with Crippen molar-refractivity contribution in [3.8, 4) is 11.5 Å². The third-order valence-electron chi connectivity index (χ3n) is 7.03. The largest absolute Gasteiger partial charge is 0.497 e. The Kier molecular flexibility index (Phi) is 8.40. The van der Waals surface area contributed by atoms with Crippen LogP contribution >= 0.6 is 11.3 Å². The van der Waals surface area contributed by atoms with Gasteiger partial charge in [-0.3, -0.25) is 9.36 Å². The van der Waals surface area contributed by atoms with Crippen LogP contribution in [0.5, 0.6) is 11.5 Å². The van der Waals surface area contributed by atoms with Gasteiger partial charge in [-0.15, -0.1) is 0 Å². The van der Waals surface area contributed by atoms with Crippen molar-refractivity contribution in [3.63, 3.8) is 0 Å². The number of fused-ring (bicyclic) bond motifs is 1. The zero-order chi connectivity index (χ0) is 30.0. The molecular weight excluding hydrogens is 555 g/mol. The van der Waals surface area contributed by atoms with Crippen molar-refractivity contribution < 1.29 is 23.4 Å². The van der Waals surface area contributed by atoms with Crippen molar-refractivity contribution in [1.29, 1.82) is 0 Å². The highest BCUT2D eigenvalue weighted by atomic mass is 32.1. The summed E-state index contributed by atoms with van der Waals surface area (Å²) in [7, 11) is 1.58. The van der Waals surface area contributed by atoms with Gasteiger partial charge in [-0.05, 0) is 98.0 Å². The molecule has 4 aromatic rings. The smallest absolute Gasteiger partial charge is 0.338 e. The number of nitrogens with zero attached hydrogens (tertiary/aromatic N) is 2. The fraction of sp³-hybridized carbons (Fsp3) is 0.242. The summed E-state index contributed by atoms with van der Waals surface area (Å²) in [5, 5.41) is 0. The summed E-state index contributed by atoms with van der Waals surface area (Å²) in [6.07, 6.45) is 1.84. The molecule has 0 fully saturated rings. The molecule has 1 aliphatic heterocycles. The number of carbonyl (C=O) groups is 1. The van der Waals surface area contributed by atoms with E-state index in [-0.39, 0.29) is 18.0 Å². The van der Waals surface area contributed by atoms with Crippen LogP contribution in [0.15, 0.2) is 81.7 Å². The number of aryl methyl sites for hydroxylation is 2. The van der Waals surface area contributed by atoms with Gasteiger partial charge in [0.25, 0.3) is 5.56 Å². The maximum absolute atomic E-state index is 13.9. The Morgan fingerprint density at radius 3 is 2.33 bits per heavy atom. The lowest BCUT2D eigenvalue weighted by Gasteiger charge is -2.24. The highest BCUT2D eigenvalue weighted by Gasteiger charge is 2.33. The fourth-order valence-electron chi connectivity index (χ4n) is 5.08. The molecule has 0 N–H and O–H groups in total. The molecular formula is C33H31FN2O5S. The number of esters is 1. The van der Waals surface area contributed by atoms with E-state index in [0.717, 1.165) is 33.6 Å². The van der Waals surface area contributed by atoms with Crippen molar-refractivity contribution >= 4 is 23.4 Å². The van der Waals surface area contributed by atoms with E-state index in [4.69, 9.17) is 14.2 Å². The van der Waals surface area contributed by atoms with E-state index in [1.807, 2.05) is 44.2 Å². The molecule has 0 saturated heterocycles. The molecule has 5 rings (SSSR count). The summed E-state index contributed by atoms with van der Waals surface area (Å²) in [6.45, 7) is 7.92. The molecule has 0 saturated carbocycles. The molecule has 9 heteroatoms. The van der Waals surface area contributed by atoms with Crippen molar-refractivity contribution in [2.24, 2.45) is 4.99 Å². The second-order valence-electron chi connectivity index (χ2n) is 9.97. The standard InChI is InChI=1S/C33H31FN2O5S/c1-6-40-32(38)28-21(4)35-33-36(29(28)24-9-13-26(39-5)14-10-24)31(37)27(42-33)17-23-15-19(2)30(20(3)16-23)41-18-22-7-11-25(34)12-8-22/h7-17,29H,6,18H2,1-5H3/b27-17-/t29-/m1/s1. The highest BCUT2D eigenvalue weighted by Crippen LogP contribution is 2.32. The van der Waals surface area contributed by atoms with E-state index in [0.29, 0.717) is 33.0 Å². The number of methoxy groups -OCH3 is 1. The fourth-order valence-corrected chi connectivity index (χ4v) is 6.12. The molecule has 2 heterocycles. The first kappa shape index (κ1) is 29.0. The average molecular weight is 587 g/mol. The normalized spacial score (nSPS) is 14.8. The van der Waals surface area contributed by atoms with Gasteiger partial charge in [0.15, 0.2) is 4.80 Å².